The summed E-state index contributed by atoms with van der Waals surface area (Å²) < 4.78 is 4.98. The first kappa shape index (κ1) is 8.74. The highest BCUT2D eigenvalue weighted by atomic mass is 16.5. The number of nitrogens with zero attached hydrogens (tertiary/aromatic N) is 1. The van der Waals surface area contributed by atoms with Crippen LogP contribution in [0.25, 0.3) is 10.9 Å². The van der Waals surface area contributed by atoms with E-state index in [9.17, 15) is 4.79 Å². The summed E-state index contributed by atoms with van der Waals surface area (Å²) in [6.45, 7) is 1.91. The van der Waals surface area contributed by atoms with Gasteiger partial charge in [-0.05, 0) is 18.6 Å². The Balaban J connectivity index is 2.58. The molecule has 0 aliphatic rings. The van der Waals surface area contributed by atoms with Crippen LogP contribution >= 0.6 is 0 Å². The molecule has 0 radical (unpaired) electrons. The van der Waals surface area contributed by atoms with Gasteiger partial charge < -0.3 is 9.63 Å². The molecule has 4 nitrogen and oxygen atoms in total. The molecule has 0 saturated heterocycles. The van der Waals surface area contributed by atoms with Crippen LogP contribution in [0, 0.1) is 6.92 Å². The largest absolute Gasteiger partial charge is 0.481 e. The number of aromatic nitrogens is 1. The lowest BCUT2D eigenvalue weighted by atomic mass is 10.1. The monoisotopic (exact) mass is 191 g/mol. The van der Waals surface area contributed by atoms with Gasteiger partial charge in [0.1, 0.15) is 11.9 Å². The van der Waals surface area contributed by atoms with Crippen LogP contribution < -0.4 is 0 Å². The number of carboxylic acid groups (broad SMARTS) is 1. The van der Waals surface area contributed by atoms with Gasteiger partial charge in [-0.25, -0.2) is 0 Å². The van der Waals surface area contributed by atoms with E-state index in [1.54, 1.807) is 0 Å². The van der Waals surface area contributed by atoms with Gasteiger partial charge in [0.2, 0.25) is 0 Å². The van der Waals surface area contributed by atoms with Crippen molar-refractivity contribution < 1.29 is 14.4 Å². The van der Waals surface area contributed by atoms with E-state index < -0.39 is 5.97 Å². The fourth-order valence-corrected chi connectivity index (χ4v) is 1.42. The third kappa shape index (κ3) is 1.35. The molecule has 0 atom stereocenters. The van der Waals surface area contributed by atoms with E-state index in [0.29, 0.717) is 5.76 Å². The lowest BCUT2D eigenvalue weighted by Crippen LogP contribution is -1.98. The van der Waals surface area contributed by atoms with Gasteiger partial charge in [0.15, 0.2) is 5.76 Å². The van der Waals surface area contributed by atoms with E-state index in [-0.39, 0.29) is 6.42 Å². The van der Waals surface area contributed by atoms with Crippen molar-refractivity contribution in [3.8, 4) is 0 Å². The molecule has 1 N–H and O–H groups in total. The van der Waals surface area contributed by atoms with E-state index in [2.05, 4.69) is 5.16 Å². The van der Waals surface area contributed by atoms with Crippen LogP contribution in [0.5, 0.6) is 0 Å². The molecule has 2 rings (SSSR count). The number of aliphatic carboxylic acids is 1. The van der Waals surface area contributed by atoms with Crippen LogP contribution in [0.15, 0.2) is 22.7 Å². The topological polar surface area (TPSA) is 63.3 Å². The van der Waals surface area contributed by atoms with Crippen LogP contribution in [0.4, 0.5) is 0 Å². The summed E-state index contributed by atoms with van der Waals surface area (Å²) in [4.78, 5) is 10.5. The van der Waals surface area contributed by atoms with Crippen molar-refractivity contribution in [3.05, 3.63) is 29.5 Å². The normalized spacial score (nSPS) is 10.6. The zero-order valence-electron chi connectivity index (χ0n) is 7.65. The Hall–Kier alpha value is -1.84. The maximum absolute atomic E-state index is 10.5. The first-order valence-corrected chi connectivity index (χ1v) is 4.24. The Morgan fingerprint density at radius 2 is 2.36 bits per heavy atom. The fraction of sp³-hybridized carbons (Fsp3) is 0.200. The first-order valence-electron chi connectivity index (χ1n) is 4.24. The number of hydrogen-bond donors (Lipinski definition) is 1. The molecule has 72 valence electrons. The minimum Gasteiger partial charge on any atom is -0.481 e. The van der Waals surface area contributed by atoms with E-state index >= 15 is 0 Å². The van der Waals surface area contributed by atoms with Gasteiger partial charge in [-0.3, -0.25) is 4.79 Å². The number of carboxylic acids is 1. The van der Waals surface area contributed by atoms with Gasteiger partial charge >= 0.3 is 5.97 Å². The molecule has 0 amide bonds. The molecule has 1 aromatic carbocycles. The van der Waals surface area contributed by atoms with E-state index in [0.717, 1.165) is 16.5 Å². The molecule has 1 aromatic heterocycles. The highest BCUT2D eigenvalue weighted by molar-refractivity contribution is 5.86. The zero-order valence-corrected chi connectivity index (χ0v) is 7.65. The van der Waals surface area contributed by atoms with Crippen LogP contribution in [0.3, 0.4) is 0 Å². The smallest absolute Gasteiger partial charge is 0.311 e. The van der Waals surface area contributed by atoms with Crippen LogP contribution in [0.1, 0.15) is 11.3 Å². The Morgan fingerprint density at radius 3 is 3.07 bits per heavy atom. The predicted octanol–water partition coefficient (Wildman–Crippen LogP) is 1.76. The van der Waals surface area contributed by atoms with Gasteiger partial charge in [-0.1, -0.05) is 17.3 Å². The summed E-state index contributed by atoms with van der Waals surface area (Å²) in [6.07, 6.45) is -0.125. The Labute approximate surface area is 80.1 Å². The molecule has 1 heterocycles. The summed E-state index contributed by atoms with van der Waals surface area (Å²) in [5, 5.41) is 13.2. The summed E-state index contributed by atoms with van der Waals surface area (Å²) in [5.41, 5.74) is 1.73. The quantitative estimate of drug-likeness (QED) is 0.785. The van der Waals surface area contributed by atoms with Crippen molar-refractivity contribution in [1.82, 2.24) is 5.16 Å². The Bertz CT molecular complexity index is 487. The molecular weight excluding hydrogens is 182 g/mol. The standard InChI is InChI=1S/C10H9NO3/c1-6-3-2-4-7-8(5-9(12)13)14-11-10(6)7/h2-4H,5H2,1H3,(H,12,13). The molecule has 0 unspecified atom stereocenters. The average molecular weight is 191 g/mol. The Kier molecular flexibility index (Phi) is 1.96. The van der Waals surface area contributed by atoms with Gasteiger partial charge in [-0.15, -0.1) is 0 Å². The molecule has 14 heavy (non-hydrogen) atoms. The van der Waals surface area contributed by atoms with E-state index in [1.807, 2.05) is 25.1 Å². The molecule has 0 aliphatic heterocycles. The summed E-state index contributed by atoms with van der Waals surface area (Å²) in [6, 6.07) is 5.59. The highest BCUT2D eigenvalue weighted by Crippen LogP contribution is 2.21. The summed E-state index contributed by atoms with van der Waals surface area (Å²) in [5.74, 6) is -0.499. The molecule has 4 heteroatoms. The van der Waals surface area contributed by atoms with Gasteiger partial charge in [-0.2, -0.15) is 0 Å². The predicted molar refractivity (Wildman–Crippen MR) is 50.1 cm³/mol. The van der Waals surface area contributed by atoms with Gasteiger partial charge in [0, 0.05) is 5.39 Å². The lowest BCUT2D eigenvalue weighted by Gasteiger charge is -1.92. The fourth-order valence-electron chi connectivity index (χ4n) is 1.42. The van der Waals surface area contributed by atoms with Crippen molar-refractivity contribution in [3.63, 3.8) is 0 Å². The van der Waals surface area contributed by atoms with Gasteiger partial charge in [0.05, 0.1) is 0 Å². The second kappa shape index (κ2) is 3.14. The number of carbonyl (C=O) groups is 1. The van der Waals surface area contributed by atoms with Crippen LogP contribution in [-0.4, -0.2) is 16.2 Å². The number of fused-ring (bicyclic) bond motifs is 1. The van der Waals surface area contributed by atoms with Crippen LogP contribution in [0.2, 0.25) is 0 Å². The SMILES string of the molecule is Cc1cccc2c(CC(=O)O)onc12. The van der Waals surface area contributed by atoms with Crippen molar-refractivity contribution >= 4 is 16.9 Å². The molecule has 0 bridgehead atoms. The average Bonchev–Trinajstić information content (AvgIpc) is 2.49. The summed E-state index contributed by atoms with van der Waals surface area (Å²) in [7, 11) is 0. The van der Waals surface area contributed by atoms with Crippen LogP contribution in [-0.2, 0) is 11.2 Å². The number of aryl methyl sites for hydroxylation is 1. The van der Waals surface area contributed by atoms with Gasteiger partial charge in [0.25, 0.3) is 0 Å². The second-order valence-corrected chi connectivity index (χ2v) is 3.15. The lowest BCUT2D eigenvalue weighted by molar-refractivity contribution is -0.136. The number of rotatable bonds is 2. The molecule has 0 saturated carbocycles. The van der Waals surface area contributed by atoms with Crippen molar-refractivity contribution in [1.29, 1.82) is 0 Å². The second-order valence-electron chi connectivity index (χ2n) is 3.15. The first-order chi connectivity index (χ1) is 6.68. The third-order valence-corrected chi connectivity index (χ3v) is 2.10. The van der Waals surface area contributed by atoms with Crippen molar-refractivity contribution in [2.45, 2.75) is 13.3 Å². The molecule has 2 aromatic rings. The molecule has 0 aliphatic carbocycles. The van der Waals surface area contributed by atoms with E-state index in [4.69, 9.17) is 9.63 Å². The minimum absolute atomic E-state index is 0.125. The molecule has 0 spiro atoms. The van der Waals surface area contributed by atoms with Crippen molar-refractivity contribution in [2.75, 3.05) is 0 Å². The maximum atomic E-state index is 10.5. The highest BCUT2D eigenvalue weighted by Gasteiger charge is 2.12. The maximum Gasteiger partial charge on any atom is 0.311 e. The number of hydrogen-bond acceptors (Lipinski definition) is 3. The third-order valence-electron chi connectivity index (χ3n) is 2.10. The van der Waals surface area contributed by atoms with E-state index in [1.165, 1.54) is 0 Å². The zero-order chi connectivity index (χ0) is 10.1. The Morgan fingerprint density at radius 1 is 1.57 bits per heavy atom. The molecule has 0 fully saturated rings. The summed E-state index contributed by atoms with van der Waals surface area (Å²) >= 11 is 0. The molecular formula is C10H9NO3. The van der Waals surface area contributed by atoms with Crippen molar-refractivity contribution in [2.24, 2.45) is 0 Å². The minimum atomic E-state index is -0.912. The number of benzene rings is 1.